The van der Waals surface area contributed by atoms with Gasteiger partial charge in [-0.15, -0.1) is 0 Å². The van der Waals surface area contributed by atoms with Gasteiger partial charge in [0.25, 0.3) is 5.91 Å². The highest BCUT2D eigenvalue weighted by molar-refractivity contribution is 5.95. The van der Waals surface area contributed by atoms with Crippen LogP contribution in [0.4, 0.5) is 10.1 Å². The number of likely N-dealkylation sites (N-methyl/N-ethyl adjacent to an activating group) is 1. The number of nitriles is 1. The van der Waals surface area contributed by atoms with Gasteiger partial charge in [-0.3, -0.25) is 4.79 Å². The monoisotopic (exact) mass is 370 g/mol. The molecule has 0 aliphatic heterocycles. The summed E-state index contributed by atoms with van der Waals surface area (Å²) in [6, 6.07) is 13.7. The molecule has 6 nitrogen and oxygen atoms in total. The number of esters is 1. The van der Waals surface area contributed by atoms with Gasteiger partial charge in [-0.05, 0) is 62.4 Å². The lowest BCUT2D eigenvalue weighted by Crippen LogP contribution is -2.36. The Morgan fingerprint density at radius 2 is 1.78 bits per heavy atom. The summed E-state index contributed by atoms with van der Waals surface area (Å²) in [5.74, 6) is -1.11. The lowest BCUT2D eigenvalue weighted by atomic mass is 10.2. The molecule has 1 atom stereocenters. The third-order valence-electron chi connectivity index (χ3n) is 3.72. The Bertz CT molecular complexity index is 829. The van der Waals surface area contributed by atoms with Crippen molar-refractivity contribution < 1.29 is 23.5 Å². The Labute approximate surface area is 156 Å². The molecule has 0 bridgehead atoms. The van der Waals surface area contributed by atoms with E-state index in [-0.39, 0.29) is 0 Å². The van der Waals surface area contributed by atoms with Gasteiger partial charge in [-0.1, -0.05) is 0 Å². The number of benzene rings is 2. The molecule has 0 saturated carbocycles. The molecular formula is C20H19FN2O4. The summed E-state index contributed by atoms with van der Waals surface area (Å²) >= 11 is 0. The van der Waals surface area contributed by atoms with Crippen LogP contribution in [0.5, 0.6) is 5.75 Å². The predicted molar refractivity (Wildman–Crippen MR) is 96.6 cm³/mol. The number of ether oxygens (including phenoxy) is 2. The molecule has 0 saturated heterocycles. The molecule has 0 spiro atoms. The number of hydrogen-bond acceptors (Lipinski definition) is 5. The van der Waals surface area contributed by atoms with Crippen LogP contribution in [0.2, 0.25) is 0 Å². The van der Waals surface area contributed by atoms with Gasteiger partial charge in [0.2, 0.25) is 0 Å². The van der Waals surface area contributed by atoms with Gasteiger partial charge in [0, 0.05) is 12.2 Å². The van der Waals surface area contributed by atoms with Crippen molar-refractivity contribution in [1.82, 2.24) is 0 Å². The molecule has 2 rings (SSSR count). The first kappa shape index (κ1) is 19.9. The number of carbonyl (C=O) groups is 2. The fraction of sp³-hybridized carbons (Fsp3) is 0.250. The first-order chi connectivity index (χ1) is 12.9. The minimum atomic E-state index is -0.924. The van der Waals surface area contributed by atoms with Gasteiger partial charge in [0.1, 0.15) is 11.6 Å². The van der Waals surface area contributed by atoms with Crippen LogP contribution in [-0.4, -0.2) is 31.1 Å². The first-order valence-electron chi connectivity index (χ1n) is 8.34. The van der Waals surface area contributed by atoms with Crippen LogP contribution in [0.3, 0.4) is 0 Å². The molecule has 0 radical (unpaired) electrons. The molecule has 0 aromatic heterocycles. The van der Waals surface area contributed by atoms with Crippen molar-refractivity contribution in [3.05, 3.63) is 59.9 Å². The van der Waals surface area contributed by atoms with E-state index in [0.717, 1.165) is 0 Å². The number of rotatable bonds is 7. The van der Waals surface area contributed by atoms with Crippen LogP contribution in [0.25, 0.3) is 0 Å². The van der Waals surface area contributed by atoms with Crippen LogP contribution < -0.4 is 9.64 Å². The largest absolute Gasteiger partial charge is 0.479 e. The fourth-order valence-corrected chi connectivity index (χ4v) is 2.31. The predicted octanol–water partition coefficient (Wildman–Crippen LogP) is 3.06. The average molecular weight is 370 g/mol. The van der Waals surface area contributed by atoms with E-state index in [1.54, 1.807) is 31.2 Å². The minimum absolute atomic E-state index is 0.347. The van der Waals surface area contributed by atoms with E-state index in [1.807, 2.05) is 6.07 Å². The summed E-state index contributed by atoms with van der Waals surface area (Å²) in [5, 5.41) is 8.76. The Hall–Kier alpha value is -3.40. The van der Waals surface area contributed by atoms with Crippen molar-refractivity contribution >= 4 is 17.6 Å². The van der Waals surface area contributed by atoms with E-state index in [2.05, 4.69) is 0 Å². The second kappa shape index (κ2) is 9.34. The summed E-state index contributed by atoms with van der Waals surface area (Å²) < 4.78 is 23.5. The quantitative estimate of drug-likeness (QED) is 0.700. The second-order valence-corrected chi connectivity index (χ2v) is 5.62. The fourth-order valence-electron chi connectivity index (χ4n) is 2.31. The Morgan fingerprint density at radius 3 is 2.33 bits per heavy atom. The standard InChI is InChI=1S/C20H19FN2O4/c1-3-23(17-8-6-16(21)7-9-17)19(24)13-26-20(25)14(2)27-18-10-4-15(12-22)5-11-18/h4-11,14H,3,13H2,1-2H3/t14-/m1/s1. The molecule has 0 aliphatic rings. The molecule has 0 heterocycles. The highest BCUT2D eigenvalue weighted by atomic mass is 19.1. The van der Waals surface area contributed by atoms with Crippen LogP contribution in [0, 0.1) is 17.1 Å². The van der Waals surface area contributed by atoms with Crippen LogP contribution in [0.1, 0.15) is 19.4 Å². The second-order valence-electron chi connectivity index (χ2n) is 5.62. The van der Waals surface area contributed by atoms with Crippen LogP contribution >= 0.6 is 0 Å². The van der Waals surface area contributed by atoms with E-state index in [9.17, 15) is 14.0 Å². The molecule has 0 aliphatic carbocycles. The molecule has 27 heavy (non-hydrogen) atoms. The van der Waals surface area contributed by atoms with E-state index < -0.39 is 30.4 Å². The Kier molecular flexibility index (Phi) is 6.89. The van der Waals surface area contributed by atoms with E-state index in [4.69, 9.17) is 14.7 Å². The zero-order valence-corrected chi connectivity index (χ0v) is 15.0. The topological polar surface area (TPSA) is 79.6 Å². The van der Waals surface area contributed by atoms with Gasteiger partial charge >= 0.3 is 5.97 Å². The highest BCUT2D eigenvalue weighted by Gasteiger charge is 2.20. The lowest BCUT2D eigenvalue weighted by Gasteiger charge is -2.21. The Morgan fingerprint density at radius 1 is 1.15 bits per heavy atom. The molecule has 2 aromatic carbocycles. The third kappa shape index (κ3) is 5.54. The van der Waals surface area contributed by atoms with Crippen LogP contribution in [0.15, 0.2) is 48.5 Å². The number of nitrogens with zero attached hydrogens (tertiary/aromatic N) is 2. The molecule has 1 amide bonds. The average Bonchev–Trinajstić information content (AvgIpc) is 2.68. The van der Waals surface area contributed by atoms with E-state index in [1.165, 1.54) is 36.1 Å². The number of amides is 1. The summed E-state index contributed by atoms with van der Waals surface area (Å²) in [6.45, 7) is 3.16. The summed E-state index contributed by atoms with van der Waals surface area (Å²) in [7, 11) is 0. The van der Waals surface area contributed by atoms with Gasteiger partial charge in [0.15, 0.2) is 12.7 Å². The number of halogens is 1. The molecule has 2 aromatic rings. The van der Waals surface area contributed by atoms with Crippen molar-refractivity contribution in [2.75, 3.05) is 18.1 Å². The van der Waals surface area contributed by atoms with Crippen molar-refractivity contribution in [2.45, 2.75) is 20.0 Å². The summed E-state index contributed by atoms with van der Waals surface area (Å²) in [6.07, 6.45) is -0.924. The zero-order valence-electron chi connectivity index (χ0n) is 15.0. The van der Waals surface area contributed by atoms with Crippen molar-refractivity contribution in [1.29, 1.82) is 5.26 Å². The third-order valence-corrected chi connectivity index (χ3v) is 3.72. The number of hydrogen-bond donors (Lipinski definition) is 0. The molecule has 0 N–H and O–H groups in total. The minimum Gasteiger partial charge on any atom is -0.479 e. The lowest BCUT2D eigenvalue weighted by molar-refractivity contribution is -0.154. The molecule has 140 valence electrons. The number of anilines is 1. The SMILES string of the molecule is CCN(C(=O)COC(=O)[C@@H](C)Oc1ccc(C#N)cc1)c1ccc(F)cc1. The van der Waals surface area contributed by atoms with Gasteiger partial charge in [-0.2, -0.15) is 5.26 Å². The van der Waals surface area contributed by atoms with E-state index >= 15 is 0 Å². The smallest absolute Gasteiger partial charge is 0.347 e. The van der Waals surface area contributed by atoms with Gasteiger partial charge in [-0.25, -0.2) is 9.18 Å². The molecule has 7 heteroatoms. The normalized spacial score (nSPS) is 11.2. The van der Waals surface area contributed by atoms with Gasteiger partial charge in [0.05, 0.1) is 11.6 Å². The van der Waals surface area contributed by atoms with E-state index in [0.29, 0.717) is 23.5 Å². The zero-order chi connectivity index (χ0) is 19.8. The Balaban J connectivity index is 1.89. The molecular weight excluding hydrogens is 351 g/mol. The van der Waals surface area contributed by atoms with Crippen LogP contribution in [-0.2, 0) is 14.3 Å². The van der Waals surface area contributed by atoms with Gasteiger partial charge < -0.3 is 14.4 Å². The number of carbonyl (C=O) groups excluding carboxylic acids is 2. The highest BCUT2D eigenvalue weighted by Crippen LogP contribution is 2.16. The summed E-state index contributed by atoms with van der Waals surface area (Å²) in [4.78, 5) is 25.7. The molecule has 0 fully saturated rings. The van der Waals surface area contributed by atoms with Crippen molar-refractivity contribution in [3.8, 4) is 11.8 Å². The first-order valence-corrected chi connectivity index (χ1v) is 8.34. The maximum atomic E-state index is 13.0. The summed E-state index contributed by atoms with van der Waals surface area (Å²) in [5.41, 5.74) is 0.991. The maximum absolute atomic E-state index is 13.0. The van der Waals surface area contributed by atoms with Crippen molar-refractivity contribution in [3.63, 3.8) is 0 Å². The molecule has 0 unspecified atom stereocenters. The van der Waals surface area contributed by atoms with Crippen molar-refractivity contribution in [2.24, 2.45) is 0 Å². The maximum Gasteiger partial charge on any atom is 0.347 e.